The Labute approximate surface area is 283 Å². The first kappa shape index (κ1) is 31.6. The number of rotatable bonds is 2. The van der Waals surface area contributed by atoms with Gasteiger partial charge in [0.25, 0.3) is 11.1 Å². The van der Waals surface area contributed by atoms with Gasteiger partial charge in [-0.15, -0.1) is 0 Å². The topological polar surface area (TPSA) is 111 Å². The van der Waals surface area contributed by atoms with Crippen LogP contribution in [0.3, 0.4) is 0 Å². The number of fused-ring (bicyclic) bond motifs is 2. The van der Waals surface area contributed by atoms with Crippen LogP contribution in [-0.2, 0) is 14.1 Å². The molecule has 4 aromatic heterocycles. The van der Waals surface area contributed by atoms with Crippen molar-refractivity contribution in [3.8, 4) is 23.7 Å². The Morgan fingerprint density at radius 1 is 0.673 bits per heavy atom. The molecule has 49 heavy (non-hydrogen) atoms. The van der Waals surface area contributed by atoms with Crippen molar-refractivity contribution < 1.29 is 0 Å². The van der Waals surface area contributed by atoms with Crippen molar-refractivity contribution in [2.75, 3.05) is 20.1 Å². The van der Waals surface area contributed by atoms with Crippen molar-refractivity contribution in [1.29, 1.82) is 0 Å². The van der Waals surface area contributed by atoms with E-state index < -0.39 is 0 Å². The van der Waals surface area contributed by atoms with Gasteiger partial charge in [0, 0.05) is 44.2 Å². The van der Waals surface area contributed by atoms with Gasteiger partial charge in [0.1, 0.15) is 23.0 Å². The number of benzene rings is 2. The van der Waals surface area contributed by atoms with Crippen molar-refractivity contribution in [2.45, 2.75) is 24.9 Å². The average Bonchev–Trinajstić information content (AvgIpc) is 3.10. The molecule has 2 aromatic carbocycles. The Morgan fingerprint density at radius 3 is 1.63 bits per heavy atom. The van der Waals surface area contributed by atoms with Crippen LogP contribution in [0.1, 0.15) is 59.1 Å². The molecule has 2 unspecified atom stereocenters. The van der Waals surface area contributed by atoms with Gasteiger partial charge in [-0.1, -0.05) is 24.0 Å². The Hall–Kier alpha value is -5.94. The van der Waals surface area contributed by atoms with E-state index in [1.807, 2.05) is 60.7 Å². The Morgan fingerprint density at radius 2 is 1.20 bits per heavy atom. The van der Waals surface area contributed by atoms with E-state index in [2.05, 4.69) is 50.9 Å². The lowest BCUT2D eigenvalue weighted by Gasteiger charge is -2.37. The third kappa shape index (κ3) is 6.61. The number of nitrogens with one attached hydrogen (secondary N) is 1. The van der Waals surface area contributed by atoms with Gasteiger partial charge in [-0.05, 0) is 98.9 Å². The molecule has 0 amide bonds. The summed E-state index contributed by atoms with van der Waals surface area (Å²) in [4.78, 5) is 45.2. The van der Waals surface area contributed by atoms with E-state index in [1.165, 1.54) is 0 Å². The van der Waals surface area contributed by atoms with Gasteiger partial charge < -0.3 is 5.32 Å². The largest absolute Gasteiger partial charge is 0.307 e. The van der Waals surface area contributed by atoms with Crippen molar-refractivity contribution >= 4 is 21.8 Å². The molecule has 0 radical (unpaired) electrons. The monoisotopic (exact) mass is 646 g/mol. The number of pyridine rings is 2. The highest BCUT2D eigenvalue weighted by Gasteiger charge is 2.29. The van der Waals surface area contributed by atoms with E-state index in [-0.39, 0.29) is 23.2 Å². The Kier molecular flexibility index (Phi) is 8.82. The summed E-state index contributed by atoms with van der Waals surface area (Å²) < 4.78 is 3.31. The maximum absolute atomic E-state index is 12.6. The maximum Gasteiger partial charge on any atom is 0.261 e. The van der Waals surface area contributed by atoms with Gasteiger partial charge in [0.2, 0.25) is 0 Å². The third-order valence-corrected chi connectivity index (χ3v) is 8.94. The lowest BCUT2D eigenvalue weighted by atomic mass is 10.0. The van der Waals surface area contributed by atoms with E-state index in [0.29, 0.717) is 27.5 Å². The van der Waals surface area contributed by atoms with Crippen LogP contribution in [0.4, 0.5) is 0 Å². The molecule has 6 heterocycles. The molecule has 242 valence electrons. The Balaban J connectivity index is 0.000000154. The van der Waals surface area contributed by atoms with Crippen LogP contribution >= 0.6 is 0 Å². The molecule has 0 aliphatic carbocycles. The van der Waals surface area contributed by atoms with E-state index in [0.717, 1.165) is 54.4 Å². The molecule has 10 heteroatoms. The molecule has 0 saturated carbocycles. The van der Waals surface area contributed by atoms with Crippen LogP contribution in [0.25, 0.3) is 21.8 Å². The van der Waals surface area contributed by atoms with Crippen LogP contribution < -0.4 is 16.4 Å². The van der Waals surface area contributed by atoms with Crippen molar-refractivity contribution in [3.63, 3.8) is 0 Å². The molecule has 2 aliphatic heterocycles. The minimum Gasteiger partial charge on any atom is -0.307 e. The summed E-state index contributed by atoms with van der Waals surface area (Å²) in [6.45, 7) is 2.00. The molecule has 2 aliphatic rings. The minimum atomic E-state index is -0.0204. The van der Waals surface area contributed by atoms with Gasteiger partial charge in [-0.25, -0.2) is 19.9 Å². The normalized spacial score (nSPS) is 16.6. The molecule has 8 rings (SSSR count). The summed E-state index contributed by atoms with van der Waals surface area (Å²) in [5.74, 6) is 13.9. The van der Waals surface area contributed by atoms with Crippen LogP contribution in [0.5, 0.6) is 0 Å². The minimum absolute atomic E-state index is 0.00969. The van der Waals surface area contributed by atoms with Crippen LogP contribution in [0.2, 0.25) is 0 Å². The summed E-state index contributed by atoms with van der Waals surface area (Å²) in [5.41, 5.74) is 4.44. The highest BCUT2D eigenvalue weighted by Crippen LogP contribution is 2.30. The molecule has 10 nitrogen and oxygen atoms in total. The smallest absolute Gasteiger partial charge is 0.261 e. The van der Waals surface area contributed by atoms with Gasteiger partial charge in [-0.3, -0.25) is 23.6 Å². The summed E-state index contributed by atoms with van der Waals surface area (Å²) >= 11 is 0. The van der Waals surface area contributed by atoms with Crippen LogP contribution in [-0.4, -0.2) is 54.1 Å². The molecule has 2 saturated heterocycles. The lowest BCUT2D eigenvalue weighted by Crippen LogP contribution is -2.41. The zero-order valence-electron chi connectivity index (χ0n) is 27.5. The lowest BCUT2D eigenvalue weighted by molar-refractivity contribution is 0.116. The number of hydrogen-bond donors (Lipinski definition) is 1. The zero-order chi connectivity index (χ0) is 33.9. The second-order valence-corrected chi connectivity index (χ2v) is 12.1. The van der Waals surface area contributed by atoms with Gasteiger partial charge in [0.05, 0.1) is 33.9 Å². The second-order valence-electron chi connectivity index (χ2n) is 12.1. The van der Waals surface area contributed by atoms with Crippen molar-refractivity contribution in [2.24, 2.45) is 14.1 Å². The molecule has 0 spiro atoms. The summed E-state index contributed by atoms with van der Waals surface area (Å²) in [6, 6.07) is 22.7. The molecular formula is C39H34N8O2. The number of aromatic nitrogens is 6. The zero-order valence-corrected chi connectivity index (χ0v) is 27.5. The highest BCUT2D eigenvalue weighted by molar-refractivity contribution is 5.80. The summed E-state index contributed by atoms with van der Waals surface area (Å²) in [6.07, 6.45) is 5.47. The second kappa shape index (κ2) is 13.7. The van der Waals surface area contributed by atoms with E-state index in [9.17, 15) is 9.59 Å². The fourth-order valence-corrected chi connectivity index (χ4v) is 5.84. The van der Waals surface area contributed by atoms with E-state index >= 15 is 0 Å². The van der Waals surface area contributed by atoms with Crippen LogP contribution in [0.15, 0.2) is 94.8 Å². The average molecular weight is 647 g/mol. The number of hydrogen-bond acceptors (Lipinski definition) is 8. The first-order valence-electron chi connectivity index (χ1n) is 16.2. The molecule has 2 atom stereocenters. The first-order valence-corrected chi connectivity index (χ1v) is 16.2. The molecular weight excluding hydrogens is 612 g/mol. The predicted octanol–water partition coefficient (Wildman–Crippen LogP) is 3.87. The number of nitrogens with zero attached hydrogens (tertiary/aromatic N) is 7. The SMILES string of the molecule is CN1CCC1c1nc2cc(C#Cc3ccccn3)ccc2c(=O)n1C.Cn1c(C2CCN2)nc2cc(C#Cc3ccccn3)ccc2c1=O. The van der Waals surface area contributed by atoms with Crippen molar-refractivity contribution in [1.82, 2.24) is 39.3 Å². The molecule has 0 bridgehead atoms. The third-order valence-electron chi connectivity index (χ3n) is 8.94. The van der Waals surface area contributed by atoms with Gasteiger partial charge in [0.15, 0.2) is 0 Å². The van der Waals surface area contributed by atoms with Gasteiger partial charge in [-0.2, -0.15) is 0 Å². The standard InChI is InChI=1S/C20H18N4O.C19H16N4O/c1-23-12-10-18(23)19-22-17-13-14(6-8-15-5-3-4-11-21-15)7-9-16(17)20(25)24(19)2;1-23-18(16-9-11-21-16)22-17-12-13(6-8-15(17)19(23)24)5-7-14-4-2-3-10-20-14/h3-5,7,9,11,13,18H,10,12H2,1-2H3;2-4,6,8,10,12,16,21H,9,11H2,1H3. The van der Waals surface area contributed by atoms with Gasteiger partial charge >= 0.3 is 0 Å². The van der Waals surface area contributed by atoms with E-state index in [4.69, 9.17) is 9.97 Å². The highest BCUT2D eigenvalue weighted by atomic mass is 16.1. The maximum atomic E-state index is 12.6. The predicted molar refractivity (Wildman–Crippen MR) is 190 cm³/mol. The molecule has 1 N–H and O–H groups in total. The Bertz CT molecular complexity index is 2430. The fourth-order valence-electron chi connectivity index (χ4n) is 5.84. The molecule has 6 aromatic rings. The number of likely N-dealkylation sites (tertiary alicyclic amines) is 1. The van der Waals surface area contributed by atoms with E-state index in [1.54, 1.807) is 47.8 Å². The summed E-state index contributed by atoms with van der Waals surface area (Å²) in [5, 5.41) is 4.53. The quantitative estimate of drug-likeness (QED) is 0.283. The molecule has 2 fully saturated rings. The first-order chi connectivity index (χ1) is 23.9. The fraction of sp³-hybridized carbons (Fsp3) is 0.231. The van der Waals surface area contributed by atoms with Crippen molar-refractivity contribution in [3.05, 3.63) is 140 Å². The summed E-state index contributed by atoms with van der Waals surface area (Å²) in [7, 11) is 5.63. The van der Waals surface area contributed by atoms with Crippen LogP contribution in [0, 0.1) is 23.7 Å².